The van der Waals surface area contributed by atoms with Gasteiger partial charge in [-0.2, -0.15) is 5.26 Å². The van der Waals surface area contributed by atoms with E-state index in [2.05, 4.69) is 33.6 Å². The zero-order valence-electron chi connectivity index (χ0n) is 21.4. The molecule has 0 aliphatic carbocycles. The second-order valence-electron chi connectivity index (χ2n) is 8.55. The third-order valence-electron chi connectivity index (χ3n) is 5.99. The van der Waals surface area contributed by atoms with E-state index in [1.807, 2.05) is 55.5 Å². The molecule has 0 atom stereocenters. The number of hydrogen-bond acceptors (Lipinski definition) is 8. The van der Waals surface area contributed by atoms with E-state index in [0.717, 1.165) is 20.4 Å². The van der Waals surface area contributed by atoms with E-state index >= 15 is 0 Å². The summed E-state index contributed by atoms with van der Waals surface area (Å²) in [6, 6.07) is 23.1. The quantitative estimate of drug-likeness (QED) is 0.141. The number of rotatable bonds is 10. The van der Waals surface area contributed by atoms with E-state index in [1.54, 1.807) is 25.3 Å². The zero-order valence-corrected chi connectivity index (χ0v) is 23.6. The Balaban J connectivity index is 1.39. The summed E-state index contributed by atoms with van der Waals surface area (Å²) in [6.07, 6.45) is 0. The van der Waals surface area contributed by atoms with Crippen LogP contribution in [0.1, 0.15) is 16.8 Å². The molecular formula is C30H25IN2O6. The van der Waals surface area contributed by atoms with Gasteiger partial charge in [0.2, 0.25) is 12.7 Å². The number of hydrogen-bond donors (Lipinski definition) is 0. The van der Waals surface area contributed by atoms with Crippen LogP contribution in [0.25, 0.3) is 11.1 Å². The molecule has 9 heteroatoms. The Labute approximate surface area is 240 Å². The molecule has 3 aromatic carbocycles. The summed E-state index contributed by atoms with van der Waals surface area (Å²) in [5.41, 5.74) is 3.62. The SMILES string of the molecule is COc1ccc(-c2c(I)c(C)nc(Oc3ccc4c(c3)OCO4)c2C#N)cc1OCCOCc1ccccc1. The Morgan fingerprint density at radius 2 is 1.79 bits per heavy atom. The molecule has 0 saturated heterocycles. The zero-order chi connectivity index (χ0) is 27.2. The average Bonchev–Trinajstić information content (AvgIpc) is 3.43. The number of nitrogens with zero attached hydrogens (tertiary/aromatic N) is 2. The van der Waals surface area contributed by atoms with Crippen molar-refractivity contribution in [3.63, 3.8) is 0 Å². The topological polar surface area (TPSA) is 92.1 Å². The summed E-state index contributed by atoms with van der Waals surface area (Å²) < 4.78 is 35.0. The summed E-state index contributed by atoms with van der Waals surface area (Å²) in [6.45, 7) is 3.29. The first kappa shape index (κ1) is 26.6. The van der Waals surface area contributed by atoms with Gasteiger partial charge in [-0.1, -0.05) is 36.4 Å². The van der Waals surface area contributed by atoms with E-state index in [1.165, 1.54) is 0 Å². The minimum Gasteiger partial charge on any atom is -0.493 e. The summed E-state index contributed by atoms with van der Waals surface area (Å²) in [5.74, 6) is 3.05. The Morgan fingerprint density at radius 1 is 0.974 bits per heavy atom. The minimum absolute atomic E-state index is 0.161. The van der Waals surface area contributed by atoms with Gasteiger partial charge in [-0.15, -0.1) is 0 Å². The van der Waals surface area contributed by atoms with Crippen molar-refractivity contribution in [2.75, 3.05) is 27.1 Å². The summed E-state index contributed by atoms with van der Waals surface area (Å²) in [5, 5.41) is 10.2. The predicted molar refractivity (Wildman–Crippen MR) is 153 cm³/mol. The molecule has 39 heavy (non-hydrogen) atoms. The molecule has 1 aromatic heterocycles. The van der Waals surface area contributed by atoms with Gasteiger partial charge in [0.15, 0.2) is 23.0 Å². The molecule has 0 amide bonds. The molecule has 8 nitrogen and oxygen atoms in total. The van der Waals surface area contributed by atoms with Gasteiger partial charge >= 0.3 is 0 Å². The lowest BCUT2D eigenvalue weighted by atomic mass is 10.00. The third kappa shape index (κ3) is 6.02. The molecule has 0 unspecified atom stereocenters. The Kier molecular flexibility index (Phi) is 8.34. The summed E-state index contributed by atoms with van der Waals surface area (Å²) >= 11 is 2.21. The maximum atomic E-state index is 10.2. The first-order valence-corrected chi connectivity index (χ1v) is 13.3. The van der Waals surface area contributed by atoms with Crippen LogP contribution in [0.4, 0.5) is 0 Å². The first-order chi connectivity index (χ1) is 19.1. The van der Waals surface area contributed by atoms with Crippen molar-refractivity contribution < 1.29 is 28.4 Å². The monoisotopic (exact) mass is 636 g/mol. The Bertz CT molecular complexity index is 1520. The molecule has 0 N–H and O–H groups in total. The van der Waals surface area contributed by atoms with Crippen molar-refractivity contribution in [2.24, 2.45) is 0 Å². The van der Waals surface area contributed by atoms with Crippen LogP contribution in [0.15, 0.2) is 66.7 Å². The Morgan fingerprint density at radius 3 is 2.59 bits per heavy atom. The van der Waals surface area contributed by atoms with Gasteiger partial charge < -0.3 is 28.4 Å². The molecule has 0 fully saturated rings. The molecule has 0 bridgehead atoms. The predicted octanol–water partition coefficient (Wildman–Crippen LogP) is 6.66. The van der Waals surface area contributed by atoms with Crippen molar-refractivity contribution in [1.82, 2.24) is 4.98 Å². The second kappa shape index (κ2) is 12.2. The third-order valence-corrected chi connectivity index (χ3v) is 7.31. The normalized spacial score (nSPS) is 11.6. The van der Waals surface area contributed by atoms with Crippen LogP contribution >= 0.6 is 22.6 Å². The molecule has 4 aromatic rings. The highest BCUT2D eigenvalue weighted by molar-refractivity contribution is 14.1. The maximum absolute atomic E-state index is 10.2. The summed E-state index contributed by atoms with van der Waals surface area (Å²) in [4.78, 5) is 4.57. The van der Waals surface area contributed by atoms with E-state index in [-0.39, 0.29) is 12.7 Å². The first-order valence-electron chi connectivity index (χ1n) is 12.2. The van der Waals surface area contributed by atoms with Gasteiger partial charge in [-0.25, -0.2) is 4.98 Å². The van der Waals surface area contributed by atoms with Gasteiger partial charge in [-0.3, -0.25) is 0 Å². The number of fused-ring (bicyclic) bond motifs is 1. The number of nitriles is 1. The van der Waals surface area contributed by atoms with Gasteiger partial charge in [-0.05, 0) is 64.9 Å². The van der Waals surface area contributed by atoms with E-state index in [0.29, 0.717) is 59.7 Å². The fourth-order valence-electron chi connectivity index (χ4n) is 4.08. The summed E-state index contributed by atoms with van der Waals surface area (Å²) in [7, 11) is 1.59. The molecule has 5 rings (SSSR count). The number of aromatic nitrogens is 1. The van der Waals surface area contributed by atoms with Crippen molar-refractivity contribution in [2.45, 2.75) is 13.5 Å². The fraction of sp³-hybridized carbons (Fsp3) is 0.200. The highest BCUT2D eigenvalue weighted by atomic mass is 127. The molecular weight excluding hydrogens is 611 g/mol. The number of ether oxygens (including phenoxy) is 6. The van der Waals surface area contributed by atoms with E-state index in [4.69, 9.17) is 28.4 Å². The Hall–Kier alpha value is -4.01. The lowest BCUT2D eigenvalue weighted by molar-refractivity contribution is 0.0880. The number of methoxy groups -OCH3 is 1. The molecule has 2 heterocycles. The van der Waals surface area contributed by atoms with Crippen LogP contribution in [0.5, 0.6) is 34.6 Å². The lowest BCUT2D eigenvalue weighted by Gasteiger charge is -2.17. The maximum Gasteiger partial charge on any atom is 0.238 e. The number of pyridine rings is 1. The minimum atomic E-state index is 0.161. The largest absolute Gasteiger partial charge is 0.493 e. The van der Waals surface area contributed by atoms with Crippen molar-refractivity contribution >= 4 is 22.6 Å². The number of halogens is 1. The van der Waals surface area contributed by atoms with Gasteiger partial charge in [0.1, 0.15) is 24.0 Å². The smallest absolute Gasteiger partial charge is 0.238 e. The van der Waals surface area contributed by atoms with E-state index < -0.39 is 0 Å². The molecule has 1 aliphatic rings. The van der Waals surface area contributed by atoms with Crippen LogP contribution in [0, 0.1) is 21.8 Å². The number of benzene rings is 3. The van der Waals surface area contributed by atoms with Crippen LogP contribution in [-0.4, -0.2) is 32.1 Å². The van der Waals surface area contributed by atoms with Crippen LogP contribution in [0.3, 0.4) is 0 Å². The molecule has 1 aliphatic heterocycles. The van der Waals surface area contributed by atoms with Crippen molar-refractivity contribution in [3.05, 3.63) is 87.1 Å². The van der Waals surface area contributed by atoms with Crippen molar-refractivity contribution in [3.8, 4) is 51.8 Å². The second-order valence-corrected chi connectivity index (χ2v) is 9.63. The molecule has 0 spiro atoms. The molecule has 0 radical (unpaired) electrons. The van der Waals surface area contributed by atoms with Gasteiger partial charge in [0.25, 0.3) is 0 Å². The van der Waals surface area contributed by atoms with Crippen LogP contribution < -0.4 is 23.7 Å². The fourth-order valence-corrected chi connectivity index (χ4v) is 4.78. The van der Waals surface area contributed by atoms with Gasteiger partial charge in [0, 0.05) is 15.2 Å². The lowest BCUT2D eigenvalue weighted by Crippen LogP contribution is -2.08. The van der Waals surface area contributed by atoms with Crippen molar-refractivity contribution in [1.29, 1.82) is 5.26 Å². The van der Waals surface area contributed by atoms with Gasteiger partial charge in [0.05, 0.1) is 26.0 Å². The number of aryl methyl sites for hydroxylation is 1. The van der Waals surface area contributed by atoms with Crippen LogP contribution in [0.2, 0.25) is 0 Å². The van der Waals surface area contributed by atoms with Crippen LogP contribution in [-0.2, 0) is 11.3 Å². The standard InChI is InChI=1S/C30H25IN2O6/c1-19-29(31)28(23(16-32)30(33-19)39-22-9-11-25-27(15-22)38-18-37-25)21-8-10-24(34-2)26(14-21)36-13-12-35-17-20-6-4-3-5-7-20/h3-11,14-15H,12-13,17-18H2,1-2H3. The highest BCUT2D eigenvalue weighted by Gasteiger charge is 2.22. The molecule has 0 saturated carbocycles. The molecule has 198 valence electrons. The highest BCUT2D eigenvalue weighted by Crippen LogP contribution is 2.41. The van der Waals surface area contributed by atoms with E-state index in [9.17, 15) is 5.26 Å². The average molecular weight is 636 g/mol.